The Morgan fingerprint density at radius 3 is 2.50 bits per heavy atom. The molecule has 1 aliphatic heterocycles. The number of ether oxygens (including phenoxy) is 1. The average molecular weight is 251 g/mol. The van der Waals surface area contributed by atoms with Gasteiger partial charge in [0.05, 0.1) is 11.9 Å². The molecule has 1 saturated carbocycles. The van der Waals surface area contributed by atoms with Gasteiger partial charge in [-0.25, -0.2) is 0 Å². The van der Waals surface area contributed by atoms with Gasteiger partial charge < -0.3 is 10.5 Å². The van der Waals surface area contributed by atoms with Crippen LogP contribution in [0.15, 0.2) is 0 Å². The van der Waals surface area contributed by atoms with Crippen LogP contribution in [0.4, 0.5) is 3.89 Å². The van der Waals surface area contributed by atoms with Gasteiger partial charge in [0.15, 0.2) is 0 Å². The van der Waals surface area contributed by atoms with Crippen molar-refractivity contribution in [2.45, 2.75) is 44.2 Å². The molecule has 0 bridgehead atoms. The Morgan fingerprint density at radius 1 is 1.44 bits per heavy atom. The zero-order valence-corrected chi connectivity index (χ0v) is 10.0. The van der Waals surface area contributed by atoms with Crippen molar-refractivity contribution in [2.75, 3.05) is 12.4 Å². The summed E-state index contributed by atoms with van der Waals surface area (Å²) in [5.41, 5.74) is 5.49. The molecule has 1 aliphatic carbocycles. The Morgan fingerprint density at radius 2 is 2.12 bits per heavy atom. The largest absolute Gasteiger partial charge is 0.377 e. The maximum atomic E-state index is 12.8. The second kappa shape index (κ2) is 4.23. The Labute approximate surface area is 95.6 Å². The second-order valence-electron chi connectivity index (χ2n) is 4.98. The summed E-state index contributed by atoms with van der Waals surface area (Å²) >= 11 is 0. The van der Waals surface area contributed by atoms with Crippen LogP contribution in [0.1, 0.15) is 32.1 Å². The third-order valence-electron chi connectivity index (χ3n) is 3.88. The molecule has 2 unspecified atom stereocenters. The van der Waals surface area contributed by atoms with E-state index in [0.717, 1.165) is 19.3 Å². The molecule has 0 aromatic rings. The fraction of sp³-hybridized carbons (Fsp3) is 1.00. The van der Waals surface area contributed by atoms with Crippen molar-refractivity contribution >= 4 is 10.2 Å². The highest BCUT2D eigenvalue weighted by Crippen LogP contribution is 2.46. The number of nitrogens with two attached hydrogens (primary N) is 1. The first-order valence-electron chi connectivity index (χ1n) is 5.72. The molecule has 1 heterocycles. The first kappa shape index (κ1) is 12.3. The lowest BCUT2D eigenvalue weighted by molar-refractivity contribution is 0.0103. The Bertz CT molecular complexity index is 347. The van der Waals surface area contributed by atoms with Gasteiger partial charge in [0.25, 0.3) is 0 Å². The minimum Gasteiger partial charge on any atom is -0.377 e. The average Bonchev–Trinajstić information content (AvgIpc) is 2.61. The zero-order chi connectivity index (χ0) is 11.8. The summed E-state index contributed by atoms with van der Waals surface area (Å²) in [7, 11) is -4.45. The van der Waals surface area contributed by atoms with E-state index in [-0.39, 0.29) is 12.1 Å². The molecule has 4 nitrogen and oxygen atoms in total. The summed E-state index contributed by atoms with van der Waals surface area (Å²) < 4.78 is 39.9. The van der Waals surface area contributed by atoms with E-state index in [9.17, 15) is 12.3 Å². The molecule has 0 aromatic carbocycles. The summed E-state index contributed by atoms with van der Waals surface area (Å²) in [4.78, 5) is 0. The van der Waals surface area contributed by atoms with E-state index in [1.54, 1.807) is 0 Å². The lowest BCUT2D eigenvalue weighted by atomic mass is 9.64. The molecule has 6 heteroatoms. The first-order chi connectivity index (χ1) is 7.43. The van der Waals surface area contributed by atoms with Crippen molar-refractivity contribution in [1.82, 2.24) is 0 Å². The highest BCUT2D eigenvalue weighted by Gasteiger charge is 2.49. The van der Waals surface area contributed by atoms with E-state index in [1.807, 2.05) is 0 Å². The summed E-state index contributed by atoms with van der Waals surface area (Å²) in [5, 5.41) is 0. The van der Waals surface area contributed by atoms with Crippen LogP contribution in [-0.2, 0) is 15.0 Å². The molecule has 2 atom stereocenters. The van der Waals surface area contributed by atoms with E-state index < -0.39 is 21.4 Å². The van der Waals surface area contributed by atoms with E-state index in [2.05, 4.69) is 0 Å². The van der Waals surface area contributed by atoms with Gasteiger partial charge in [-0.05, 0) is 25.7 Å². The van der Waals surface area contributed by atoms with Gasteiger partial charge in [-0.2, -0.15) is 8.42 Å². The molecule has 94 valence electrons. The molecule has 0 aromatic heterocycles. The van der Waals surface area contributed by atoms with E-state index in [1.165, 1.54) is 0 Å². The number of rotatable bonds is 4. The van der Waals surface area contributed by atoms with Gasteiger partial charge in [-0.3, -0.25) is 0 Å². The number of halogens is 1. The van der Waals surface area contributed by atoms with Gasteiger partial charge in [0.1, 0.15) is 0 Å². The molecule has 0 amide bonds. The van der Waals surface area contributed by atoms with Gasteiger partial charge >= 0.3 is 10.2 Å². The van der Waals surface area contributed by atoms with Crippen LogP contribution in [0.3, 0.4) is 0 Å². The SMILES string of the molecule is NC(C1CCCO1)C1(CS(=O)(=O)F)CCC1. The van der Waals surface area contributed by atoms with Crippen LogP contribution in [0.5, 0.6) is 0 Å². The van der Waals surface area contributed by atoms with Crippen molar-refractivity contribution in [1.29, 1.82) is 0 Å². The minimum atomic E-state index is -4.45. The molecule has 0 radical (unpaired) electrons. The molecular weight excluding hydrogens is 233 g/mol. The van der Waals surface area contributed by atoms with Crippen LogP contribution < -0.4 is 5.73 Å². The van der Waals surface area contributed by atoms with Crippen molar-refractivity contribution < 1.29 is 17.0 Å². The highest BCUT2D eigenvalue weighted by molar-refractivity contribution is 7.86. The van der Waals surface area contributed by atoms with Crippen LogP contribution in [0.25, 0.3) is 0 Å². The van der Waals surface area contributed by atoms with Crippen LogP contribution in [0, 0.1) is 5.41 Å². The Hall–Kier alpha value is -0.200. The molecule has 2 N–H and O–H groups in total. The van der Waals surface area contributed by atoms with Crippen molar-refractivity contribution in [2.24, 2.45) is 11.1 Å². The van der Waals surface area contributed by atoms with Gasteiger partial charge in [-0.1, -0.05) is 6.42 Å². The minimum absolute atomic E-state index is 0.0953. The van der Waals surface area contributed by atoms with Crippen molar-refractivity contribution in [3.8, 4) is 0 Å². The lowest BCUT2D eigenvalue weighted by Gasteiger charge is -2.47. The maximum absolute atomic E-state index is 12.8. The van der Waals surface area contributed by atoms with Crippen LogP contribution in [-0.4, -0.2) is 32.9 Å². The number of hydrogen-bond donors (Lipinski definition) is 1. The second-order valence-corrected chi connectivity index (χ2v) is 6.34. The molecule has 16 heavy (non-hydrogen) atoms. The van der Waals surface area contributed by atoms with E-state index in [0.29, 0.717) is 19.4 Å². The molecule has 1 saturated heterocycles. The third kappa shape index (κ3) is 2.38. The maximum Gasteiger partial charge on any atom is 0.303 e. The monoisotopic (exact) mass is 251 g/mol. The summed E-state index contributed by atoms with van der Waals surface area (Å²) in [6.45, 7) is 0.677. The third-order valence-corrected chi connectivity index (χ3v) is 4.80. The van der Waals surface area contributed by atoms with Crippen molar-refractivity contribution in [3.63, 3.8) is 0 Å². The Kier molecular flexibility index (Phi) is 3.25. The molecule has 2 fully saturated rings. The lowest BCUT2D eigenvalue weighted by Crippen LogP contribution is -2.55. The predicted molar refractivity (Wildman–Crippen MR) is 58.1 cm³/mol. The summed E-state index contributed by atoms with van der Waals surface area (Å²) in [6.07, 6.45) is 4.03. The first-order valence-corrected chi connectivity index (χ1v) is 7.28. The molecule has 2 rings (SSSR count). The smallest absolute Gasteiger partial charge is 0.303 e. The number of hydrogen-bond acceptors (Lipinski definition) is 4. The van der Waals surface area contributed by atoms with Crippen LogP contribution in [0.2, 0.25) is 0 Å². The topological polar surface area (TPSA) is 69.4 Å². The fourth-order valence-electron chi connectivity index (χ4n) is 2.83. The highest BCUT2D eigenvalue weighted by atomic mass is 32.3. The van der Waals surface area contributed by atoms with E-state index in [4.69, 9.17) is 10.5 Å². The summed E-state index contributed by atoms with van der Waals surface area (Å²) in [6, 6.07) is -0.353. The van der Waals surface area contributed by atoms with Gasteiger partial charge in [0, 0.05) is 18.1 Å². The predicted octanol–water partition coefficient (Wildman–Crippen LogP) is 0.962. The van der Waals surface area contributed by atoms with Gasteiger partial charge in [0.2, 0.25) is 0 Å². The van der Waals surface area contributed by atoms with Crippen molar-refractivity contribution in [3.05, 3.63) is 0 Å². The Balaban J connectivity index is 2.08. The van der Waals surface area contributed by atoms with Crippen LogP contribution >= 0.6 is 0 Å². The standard InChI is InChI=1S/C10H18FNO3S/c11-16(13,14)7-10(4-2-5-10)9(12)8-3-1-6-15-8/h8-9H,1-7,12H2. The molecule has 0 spiro atoms. The molecule has 2 aliphatic rings. The zero-order valence-electron chi connectivity index (χ0n) is 9.19. The fourth-order valence-corrected chi connectivity index (χ4v) is 4.00. The van der Waals surface area contributed by atoms with E-state index >= 15 is 0 Å². The molecular formula is C10H18FNO3S. The van der Waals surface area contributed by atoms with Gasteiger partial charge in [-0.15, -0.1) is 3.89 Å². The normalized spacial score (nSPS) is 31.0. The summed E-state index contributed by atoms with van der Waals surface area (Å²) in [5.74, 6) is -0.443. The quantitative estimate of drug-likeness (QED) is 0.756.